The molecule has 1 atom stereocenters. The van der Waals surface area contributed by atoms with Gasteiger partial charge in [0.1, 0.15) is 5.60 Å². The molecule has 1 unspecified atom stereocenters. The topological polar surface area (TPSA) is 66.9 Å². The number of piperidine rings is 1. The molecule has 1 fully saturated rings. The van der Waals surface area contributed by atoms with Crippen molar-refractivity contribution in [1.82, 2.24) is 4.31 Å². The highest BCUT2D eigenvalue weighted by Gasteiger charge is 2.40. The molecule has 2 aromatic carbocycles. The molecule has 6 nitrogen and oxygen atoms in total. The molecule has 1 aliphatic heterocycles. The van der Waals surface area contributed by atoms with Crippen molar-refractivity contribution < 1.29 is 17.9 Å². The van der Waals surface area contributed by atoms with Gasteiger partial charge in [-0.05, 0) is 57.9 Å². The predicted octanol–water partition coefficient (Wildman–Crippen LogP) is 4.28. The molecule has 0 saturated carbocycles. The highest BCUT2D eigenvalue weighted by molar-refractivity contribution is 7.89. The molecule has 29 heavy (non-hydrogen) atoms. The smallest absolute Gasteiger partial charge is 0.424 e. The quantitative estimate of drug-likeness (QED) is 0.744. The lowest BCUT2D eigenvalue weighted by molar-refractivity contribution is 0.0329. The fourth-order valence-electron chi connectivity index (χ4n) is 3.48. The van der Waals surface area contributed by atoms with Crippen LogP contribution in [-0.2, 0) is 14.8 Å². The predicted molar refractivity (Wildman–Crippen MR) is 113 cm³/mol. The first-order valence-electron chi connectivity index (χ1n) is 9.81. The Balaban J connectivity index is 1.95. The van der Waals surface area contributed by atoms with Gasteiger partial charge >= 0.3 is 6.09 Å². The first-order valence-corrected chi connectivity index (χ1v) is 11.2. The van der Waals surface area contributed by atoms with Gasteiger partial charge in [-0.1, -0.05) is 36.4 Å². The van der Waals surface area contributed by atoms with Crippen LogP contribution in [0.5, 0.6) is 0 Å². The van der Waals surface area contributed by atoms with Crippen molar-refractivity contribution in [2.45, 2.75) is 50.2 Å². The van der Waals surface area contributed by atoms with E-state index in [1.165, 1.54) is 12.1 Å². The van der Waals surface area contributed by atoms with Crippen molar-refractivity contribution in [3.8, 4) is 0 Å². The summed E-state index contributed by atoms with van der Waals surface area (Å²) < 4.78 is 33.3. The molecule has 0 spiro atoms. The number of ether oxygens (including phenoxy) is 1. The highest BCUT2D eigenvalue weighted by atomic mass is 32.2. The molecule has 1 saturated heterocycles. The van der Waals surface area contributed by atoms with Crippen molar-refractivity contribution in [1.29, 1.82) is 0 Å². The molecule has 0 N–H and O–H groups in total. The standard InChI is InChI=1S/C22H28N2O4S/c1-22(2,3)28-21(25)24(29(26,27)20-14-8-5-9-15-20)19-13-10-16-23(17-19)18-11-6-4-7-12-18/h4-9,11-12,14-15,19H,10,13,16-17H2,1-3H3. The summed E-state index contributed by atoms with van der Waals surface area (Å²) >= 11 is 0. The zero-order chi connectivity index (χ0) is 21.1. The molecule has 1 aliphatic rings. The van der Waals surface area contributed by atoms with Crippen molar-refractivity contribution in [2.75, 3.05) is 18.0 Å². The van der Waals surface area contributed by atoms with Crippen molar-refractivity contribution in [3.05, 3.63) is 60.7 Å². The lowest BCUT2D eigenvalue weighted by atomic mass is 10.1. The number of carbonyl (C=O) groups excluding carboxylic acids is 1. The number of anilines is 1. The van der Waals surface area contributed by atoms with Crippen molar-refractivity contribution in [3.63, 3.8) is 0 Å². The summed E-state index contributed by atoms with van der Waals surface area (Å²) in [6.45, 7) is 6.43. The number of benzene rings is 2. The van der Waals surface area contributed by atoms with Gasteiger partial charge in [0.2, 0.25) is 0 Å². The van der Waals surface area contributed by atoms with Crippen LogP contribution in [0.1, 0.15) is 33.6 Å². The van der Waals surface area contributed by atoms with E-state index >= 15 is 0 Å². The summed E-state index contributed by atoms with van der Waals surface area (Å²) in [7, 11) is -4.05. The molecular formula is C22H28N2O4S. The average molecular weight is 417 g/mol. The third-order valence-corrected chi connectivity index (χ3v) is 6.56. The number of para-hydroxylation sites is 1. The van der Waals surface area contributed by atoms with E-state index in [0.29, 0.717) is 13.0 Å². The maximum Gasteiger partial charge on any atom is 0.424 e. The summed E-state index contributed by atoms with van der Waals surface area (Å²) in [5.41, 5.74) is 0.216. The summed E-state index contributed by atoms with van der Waals surface area (Å²) in [5, 5.41) is 0. The Kier molecular flexibility index (Phi) is 6.17. The summed E-state index contributed by atoms with van der Waals surface area (Å²) in [6, 6.07) is 17.4. The largest absolute Gasteiger partial charge is 0.443 e. The molecule has 0 radical (unpaired) electrons. The Labute approximate surface area is 173 Å². The van der Waals surface area contributed by atoms with E-state index in [1.807, 2.05) is 30.3 Å². The summed E-state index contributed by atoms with van der Waals surface area (Å²) in [4.78, 5) is 15.2. The van der Waals surface area contributed by atoms with Gasteiger partial charge in [-0.15, -0.1) is 0 Å². The van der Waals surface area contributed by atoms with E-state index in [2.05, 4.69) is 4.90 Å². The Morgan fingerprint density at radius 1 is 1.03 bits per heavy atom. The minimum absolute atomic E-state index is 0.0858. The van der Waals surface area contributed by atoms with Crippen LogP contribution in [0.3, 0.4) is 0 Å². The van der Waals surface area contributed by atoms with Crippen LogP contribution in [0.25, 0.3) is 0 Å². The minimum Gasteiger partial charge on any atom is -0.443 e. The van der Waals surface area contributed by atoms with Crippen LogP contribution in [0.15, 0.2) is 65.6 Å². The van der Waals surface area contributed by atoms with Gasteiger partial charge in [0.25, 0.3) is 10.0 Å². The van der Waals surface area contributed by atoms with E-state index in [4.69, 9.17) is 4.74 Å². The van der Waals surface area contributed by atoms with Crippen LogP contribution in [0.2, 0.25) is 0 Å². The van der Waals surface area contributed by atoms with E-state index in [0.717, 1.165) is 23.0 Å². The lowest BCUT2D eigenvalue weighted by Gasteiger charge is -2.39. The van der Waals surface area contributed by atoms with Crippen LogP contribution in [-0.4, -0.2) is 43.5 Å². The number of nitrogens with zero attached hydrogens (tertiary/aromatic N) is 2. The molecule has 0 aliphatic carbocycles. The van der Waals surface area contributed by atoms with Crippen LogP contribution in [0.4, 0.5) is 10.5 Å². The zero-order valence-corrected chi connectivity index (χ0v) is 17.9. The SMILES string of the molecule is CC(C)(C)OC(=O)N(C1CCCN(c2ccccc2)C1)S(=O)(=O)c1ccccc1. The van der Waals surface area contributed by atoms with E-state index < -0.39 is 27.8 Å². The molecule has 2 aromatic rings. The summed E-state index contributed by atoms with van der Waals surface area (Å²) in [6.07, 6.45) is 0.541. The molecule has 7 heteroatoms. The van der Waals surface area contributed by atoms with Gasteiger partial charge in [0.15, 0.2) is 0 Å². The van der Waals surface area contributed by atoms with Crippen molar-refractivity contribution in [2.24, 2.45) is 0 Å². The fourth-order valence-corrected chi connectivity index (χ4v) is 5.00. The van der Waals surface area contributed by atoms with Crippen LogP contribution in [0, 0.1) is 0 Å². The maximum absolute atomic E-state index is 13.4. The molecule has 156 valence electrons. The number of hydrogen-bond donors (Lipinski definition) is 0. The zero-order valence-electron chi connectivity index (χ0n) is 17.1. The average Bonchev–Trinajstić information content (AvgIpc) is 2.68. The first-order chi connectivity index (χ1) is 13.7. The Morgan fingerprint density at radius 2 is 1.62 bits per heavy atom. The fraction of sp³-hybridized carbons (Fsp3) is 0.409. The second-order valence-electron chi connectivity index (χ2n) is 8.17. The van der Waals surface area contributed by atoms with Crippen molar-refractivity contribution >= 4 is 21.8 Å². The number of sulfonamides is 1. The van der Waals surface area contributed by atoms with E-state index in [1.54, 1.807) is 39.0 Å². The number of amides is 1. The highest BCUT2D eigenvalue weighted by Crippen LogP contribution is 2.28. The van der Waals surface area contributed by atoms with Crippen LogP contribution < -0.4 is 4.90 Å². The van der Waals surface area contributed by atoms with E-state index in [9.17, 15) is 13.2 Å². The third kappa shape index (κ3) is 5.09. The van der Waals surface area contributed by atoms with Crippen LogP contribution >= 0.6 is 0 Å². The Morgan fingerprint density at radius 3 is 2.21 bits per heavy atom. The third-order valence-electron chi connectivity index (χ3n) is 4.72. The molecule has 0 aromatic heterocycles. The Hall–Kier alpha value is -2.54. The molecule has 1 amide bonds. The normalized spacial score (nSPS) is 17.6. The van der Waals surface area contributed by atoms with Gasteiger partial charge in [-0.3, -0.25) is 0 Å². The summed E-state index contributed by atoms with van der Waals surface area (Å²) in [5.74, 6) is 0. The second-order valence-corrected chi connectivity index (χ2v) is 9.99. The van der Waals surface area contributed by atoms with E-state index in [-0.39, 0.29) is 4.90 Å². The van der Waals surface area contributed by atoms with Gasteiger partial charge in [-0.2, -0.15) is 4.31 Å². The van der Waals surface area contributed by atoms with Gasteiger partial charge < -0.3 is 9.64 Å². The second kappa shape index (κ2) is 8.45. The number of hydrogen-bond acceptors (Lipinski definition) is 5. The minimum atomic E-state index is -4.05. The first kappa shape index (κ1) is 21.2. The monoisotopic (exact) mass is 416 g/mol. The Bertz CT molecular complexity index is 924. The lowest BCUT2D eigenvalue weighted by Crippen LogP contribution is -2.53. The molecule has 0 bridgehead atoms. The van der Waals surface area contributed by atoms with Gasteiger partial charge in [0, 0.05) is 18.8 Å². The number of carbonyl (C=O) groups is 1. The number of rotatable bonds is 4. The maximum atomic E-state index is 13.4. The van der Waals surface area contributed by atoms with Gasteiger partial charge in [-0.25, -0.2) is 13.2 Å². The molecular weight excluding hydrogens is 388 g/mol. The molecule has 1 heterocycles. The molecule has 3 rings (SSSR count). The van der Waals surface area contributed by atoms with Gasteiger partial charge in [0.05, 0.1) is 10.9 Å².